The fraction of sp³-hybridized carbons (Fsp3) is 0.333. The third-order valence-electron chi connectivity index (χ3n) is 4.69. The van der Waals surface area contributed by atoms with E-state index in [9.17, 15) is 9.59 Å². The van der Waals surface area contributed by atoms with E-state index in [2.05, 4.69) is 9.97 Å². The highest BCUT2D eigenvalue weighted by Crippen LogP contribution is 2.30. The number of nitrogens with zero attached hydrogens (tertiary/aromatic N) is 4. The van der Waals surface area contributed by atoms with Gasteiger partial charge in [0, 0.05) is 31.9 Å². The van der Waals surface area contributed by atoms with Crippen LogP contribution < -0.4 is 4.90 Å². The second-order valence-corrected chi connectivity index (χ2v) is 6.24. The maximum Gasteiger partial charge on any atom is 0.232 e. The van der Waals surface area contributed by atoms with E-state index in [0.717, 1.165) is 23.4 Å². The second-order valence-electron chi connectivity index (χ2n) is 6.24. The van der Waals surface area contributed by atoms with Crippen molar-refractivity contribution in [2.75, 3.05) is 18.0 Å². The van der Waals surface area contributed by atoms with E-state index in [1.165, 1.54) is 0 Å². The van der Waals surface area contributed by atoms with Crippen molar-refractivity contribution in [2.24, 2.45) is 5.92 Å². The average molecular weight is 322 g/mol. The first-order valence-electron chi connectivity index (χ1n) is 8.14. The summed E-state index contributed by atoms with van der Waals surface area (Å²) in [6.45, 7) is 1.59. The molecule has 2 amide bonds. The average Bonchev–Trinajstić information content (AvgIpc) is 3.19. The summed E-state index contributed by atoms with van der Waals surface area (Å²) in [5.41, 5.74) is 2.88. The van der Waals surface area contributed by atoms with E-state index in [4.69, 9.17) is 0 Å². The van der Waals surface area contributed by atoms with Crippen molar-refractivity contribution >= 4 is 17.5 Å². The number of likely N-dealkylation sites (tertiary alicyclic amines) is 1. The van der Waals surface area contributed by atoms with Crippen molar-refractivity contribution in [3.05, 3.63) is 54.1 Å². The minimum Gasteiger partial charge on any atom is -0.336 e. The molecule has 6 heteroatoms. The van der Waals surface area contributed by atoms with Gasteiger partial charge in [0.1, 0.15) is 0 Å². The van der Waals surface area contributed by atoms with E-state index in [1.807, 2.05) is 24.3 Å². The Morgan fingerprint density at radius 3 is 3.00 bits per heavy atom. The van der Waals surface area contributed by atoms with Gasteiger partial charge in [0.05, 0.1) is 30.0 Å². The zero-order chi connectivity index (χ0) is 16.5. The molecule has 0 radical (unpaired) electrons. The monoisotopic (exact) mass is 322 g/mol. The van der Waals surface area contributed by atoms with Crippen LogP contribution >= 0.6 is 0 Å². The SMILES string of the molecule is O=C1CC(C(=O)N2CCc3ccncc32)CN1Cc1ccccn1. The highest BCUT2D eigenvalue weighted by molar-refractivity contribution is 6.00. The first-order valence-corrected chi connectivity index (χ1v) is 8.14. The smallest absolute Gasteiger partial charge is 0.232 e. The molecule has 0 saturated carbocycles. The van der Waals surface area contributed by atoms with Crippen LogP contribution in [-0.4, -0.2) is 39.8 Å². The molecule has 0 N–H and O–H groups in total. The largest absolute Gasteiger partial charge is 0.336 e. The van der Waals surface area contributed by atoms with Crippen LogP contribution in [0.15, 0.2) is 42.9 Å². The number of anilines is 1. The van der Waals surface area contributed by atoms with Crippen LogP contribution in [0.4, 0.5) is 5.69 Å². The molecule has 4 heterocycles. The van der Waals surface area contributed by atoms with Gasteiger partial charge in [-0.3, -0.25) is 19.6 Å². The van der Waals surface area contributed by atoms with Gasteiger partial charge in [0.15, 0.2) is 0 Å². The fourth-order valence-corrected chi connectivity index (χ4v) is 3.45. The molecule has 0 spiro atoms. The quantitative estimate of drug-likeness (QED) is 0.857. The molecular weight excluding hydrogens is 304 g/mol. The van der Waals surface area contributed by atoms with Crippen LogP contribution in [-0.2, 0) is 22.6 Å². The Bertz CT molecular complexity index is 778. The minimum atomic E-state index is -0.285. The lowest BCUT2D eigenvalue weighted by Gasteiger charge is -2.21. The summed E-state index contributed by atoms with van der Waals surface area (Å²) >= 11 is 0. The van der Waals surface area contributed by atoms with E-state index in [0.29, 0.717) is 19.6 Å². The first kappa shape index (κ1) is 14.8. The van der Waals surface area contributed by atoms with Crippen molar-refractivity contribution in [3.8, 4) is 0 Å². The number of hydrogen-bond donors (Lipinski definition) is 0. The van der Waals surface area contributed by atoms with Gasteiger partial charge in [-0.15, -0.1) is 0 Å². The number of carbonyl (C=O) groups is 2. The van der Waals surface area contributed by atoms with Crippen molar-refractivity contribution in [2.45, 2.75) is 19.4 Å². The molecule has 24 heavy (non-hydrogen) atoms. The first-order chi connectivity index (χ1) is 11.7. The van der Waals surface area contributed by atoms with Crippen molar-refractivity contribution in [1.29, 1.82) is 0 Å². The number of amides is 2. The summed E-state index contributed by atoms with van der Waals surface area (Å²) in [4.78, 5) is 37.0. The lowest BCUT2D eigenvalue weighted by atomic mass is 10.1. The lowest BCUT2D eigenvalue weighted by Crippen LogP contribution is -2.36. The predicted molar refractivity (Wildman–Crippen MR) is 88.1 cm³/mol. The number of rotatable bonds is 3. The minimum absolute atomic E-state index is 0.0182. The molecule has 1 saturated heterocycles. The van der Waals surface area contributed by atoms with Gasteiger partial charge >= 0.3 is 0 Å². The zero-order valence-electron chi connectivity index (χ0n) is 13.3. The van der Waals surface area contributed by atoms with Crippen LogP contribution in [0.5, 0.6) is 0 Å². The summed E-state index contributed by atoms with van der Waals surface area (Å²) in [6.07, 6.45) is 6.33. The summed E-state index contributed by atoms with van der Waals surface area (Å²) in [6, 6.07) is 7.60. The van der Waals surface area contributed by atoms with Gasteiger partial charge in [-0.05, 0) is 30.2 Å². The van der Waals surface area contributed by atoms with Crippen molar-refractivity contribution < 1.29 is 9.59 Å². The molecule has 4 rings (SSSR count). The van der Waals surface area contributed by atoms with Crippen molar-refractivity contribution in [1.82, 2.24) is 14.9 Å². The van der Waals surface area contributed by atoms with Gasteiger partial charge in [0.2, 0.25) is 11.8 Å². The molecule has 2 aliphatic heterocycles. The number of hydrogen-bond acceptors (Lipinski definition) is 4. The van der Waals surface area contributed by atoms with Gasteiger partial charge in [-0.2, -0.15) is 0 Å². The van der Waals surface area contributed by atoms with E-state index in [1.54, 1.807) is 28.4 Å². The second kappa shape index (κ2) is 6.03. The Kier molecular flexibility index (Phi) is 3.72. The van der Waals surface area contributed by atoms with E-state index >= 15 is 0 Å². The topological polar surface area (TPSA) is 66.4 Å². The highest BCUT2D eigenvalue weighted by Gasteiger charge is 2.38. The highest BCUT2D eigenvalue weighted by atomic mass is 16.2. The van der Waals surface area contributed by atoms with Crippen LogP contribution in [0.1, 0.15) is 17.7 Å². The number of carbonyl (C=O) groups excluding carboxylic acids is 2. The normalized spacial score (nSPS) is 19.7. The standard InChI is InChI=1S/C18H18N4O2/c23-17-9-14(11-21(17)12-15-3-1-2-6-20-15)18(24)22-8-5-13-4-7-19-10-16(13)22/h1-4,6-7,10,14H,5,8-9,11-12H2. The maximum atomic E-state index is 12.9. The van der Waals surface area contributed by atoms with Crippen LogP contribution in [0, 0.1) is 5.92 Å². The number of pyridine rings is 2. The zero-order valence-corrected chi connectivity index (χ0v) is 13.3. The van der Waals surface area contributed by atoms with Crippen LogP contribution in [0.2, 0.25) is 0 Å². The van der Waals surface area contributed by atoms with Gasteiger partial charge in [0.25, 0.3) is 0 Å². The van der Waals surface area contributed by atoms with Crippen LogP contribution in [0.25, 0.3) is 0 Å². The Balaban J connectivity index is 1.46. The fourth-order valence-electron chi connectivity index (χ4n) is 3.45. The Labute approximate surface area is 140 Å². The lowest BCUT2D eigenvalue weighted by molar-refractivity contribution is -0.128. The third-order valence-corrected chi connectivity index (χ3v) is 4.69. The number of aromatic nitrogens is 2. The van der Waals surface area contributed by atoms with Gasteiger partial charge in [-0.1, -0.05) is 6.07 Å². The third kappa shape index (κ3) is 2.64. The summed E-state index contributed by atoms with van der Waals surface area (Å²) in [5.74, 6) is -0.240. The molecule has 2 aromatic heterocycles. The predicted octanol–water partition coefficient (Wildman–Crippen LogP) is 1.41. The molecule has 1 unspecified atom stereocenters. The molecule has 6 nitrogen and oxygen atoms in total. The molecule has 0 bridgehead atoms. The number of fused-ring (bicyclic) bond motifs is 1. The van der Waals surface area contributed by atoms with E-state index < -0.39 is 0 Å². The van der Waals surface area contributed by atoms with E-state index in [-0.39, 0.29) is 24.2 Å². The molecule has 2 aromatic rings. The summed E-state index contributed by atoms with van der Waals surface area (Å²) in [7, 11) is 0. The van der Waals surface area contributed by atoms with Gasteiger partial charge < -0.3 is 9.80 Å². The molecule has 1 atom stereocenters. The molecule has 0 aromatic carbocycles. The maximum absolute atomic E-state index is 12.9. The molecule has 2 aliphatic rings. The van der Waals surface area contributed by atoms with Crippen LogP contribution in [0.3, 0.4) is 0 Å². The van der Waals surface area contributed by atoms with Gasteiger partial charge in [-0.25, -0.2) is 0 Å². The molecule has 1 fully saturated rings. The Morgan fingerprint density at radius 2 is 2.17 bits per heavy atom. The van der Waals surface area contributed by atoms with Crippen molar-refractivity contribution in [3.63, 3.8) is 0 Å². The molecular formula is C18H18N4O2. The molecule has 0 aliphatic carbocycles. The Hall–Kier alpha value is -2.76. The molecule has 122 valence electrons. The summed E-state index contributed by atoms with van der Waals surface area (Å²) in [5, 5.41) is 0. The summed E-state index contributed by atoms with van der Waals surface area (Å²) < 4.78 is 0. The Morgan fingerprint density at radius 1 is 1.25 bits per heavy atom.